The van der Waals surface area contributed by atoms with Crippen LogP contribution in [-0.4, -0.2) is 15.0 Å². The van der Waals surface area contributed by atoms with Crippen LogP contribution < -0.4 is 0 Å². The molecule has 0 bridgehead atoms. The third-order valence-electron chi connectivity index (χ3n) is 7.24. The van der Waals surface area contributed by atoms with E-state index in [0.717, 1.165) is 12.1 Å². The molecule has 2 aromatic carbocycles. The van der Waals surface area contributed by atoms with Gasteiger partial charge in [-0.3, -0.25) is 0 Å². The van der Waals surface area contributed by atoms with Crippen molar-refractivity contribution in [3.63, 3.8) is 0 Å². The van der Waals surface area contributed by atoms with Crippen LogP contribution >= 0.6 is 0 Å². The highest BCUT2D eigenvalue weighted by molar-refractivity contribution is 5.57. The average Bonchev–Trinajstić information content (AvgIpc) is 3.13. The van der Waals surface area contributed by atoms with Gasteiger partial charge >= 0.3 is 0 Å². The van der Waals surface area contributed by atoms with Gasteiger partial charge < -0.3 is 0 Å². The van der Waals surface area contributed by atoms with Crippen molar-refractivity contribution in [1.82, 2.24) is 15.0 Å². The summed E-state index contributed by atoms with van der Waals surface area (Å²) in [4.78, 5) is 0. The Hall–Kier alpha value is -2.42. The molecule has 0 fully saturated rings. The van der Waals surface area contributed by atoms with Crippen molar-refractivity contribution in [2.24, 2.45) is 0 Å². The zero-order valence-electron chi connectivity index (χ0n) is 19.1. The van der Waals surface area contributed by atoms with E-state index < -0.39 is 0 Å². The van der Waals surface area contributed by atoms with E-state index in [4.69, 9.17) is 0 Å². The number of hydrogen-bond donors (Lipinski definition) is 0. The van der Waals surface area contributed by atoms with Crippen LogP contribution in [0.3, 0.4) is 0 Å². The highest BCUT2D eigenvalue weighted by atomic mass is 15.4. The molecule has 0 N–H and O–H groups in total. The van der Waals surface area contributed by atoms with Gasteiger partial charge in [0.25, 0.3) is 0 Å². The first-order valence-corrected chi connectivity index (χ1v) is 10.1. The molecule has 1 heterocycles. The van der Waals surface area contributed by atoms with E-state index >= 15 is 0 Å². The maximum atomic E-state index is 4.53. The van der Waals surface area contributed by atoms with Gasteiger partial charge in [-0.2, -0.15) is 0 Å². The Kier molecular flexibility index (Phi) is 5.22. The Labute approximate surface area is 169 Å². The second-order valence-electron chi connectivity index (χ2n) is 8.41. The van der Waals surface area contributed by atoms with Crippen molar-refractivity contribution in [1.29, 1.82) is 0 Å². The van der Waals surface area contributed by atoms with Crippen LogP contribution in [0.4, 0.5) is 0 Å². The Morgan fingerprint density at radius 1 is 0.571 bits per heavy atom. The second-order valence-corrected chi connectivity index (χ2v) is 8.41. The third-order valence-corrected chi connectivity index (χ3v) is 7.24. The number of rotatable bonds is 3. The fourth-order valence-corrected chi connectivity index (χ4v) is 4.34. The molecular weight excluding hydrogens is 342 g/mol. The van der Waals surface area contributed by atoms with Gasteiger partial charge in [-0.1, -0.05) is 5.21 Å². The first-order valence-electron chi connectivity index (χ1n) is 10.1. The lowest BCUT2D eigenvalue weighted by Crippen LogP contribution is -2.06. The quantitative estimate of drug-likeness (QED) is 0.567. The monoisotopic (exact) mass is 375 g/mol. The summed E-state index contributed by atoms with van der Waals surface area (Å²) in [6, 6.07) is 0. The molecule has 1 aromatic heterocycles. The molecule has 0 amide bonds. The Morgan fingerprint density at radius 2 is 0.964 bits per heavy atom. The maximum Gasteiger partial charge on any atom is 0.0875 e. The largest absolute Gasteiger partial charge is 0.220 e. The summed E-state index contributed by atoms with van der Waals surface area (Å²) in [5.41, 5.74) is 17.1. The van der Waals surface area contributed by atoms with Gasteiger partial charge in [0.2, 0.25) is 0 Å². The van der Waals surface area contributed by atoms with Crippen LogP contribution in [0.25, 0.3) is 5.69 Å². The SMILES string of the molecule is Cc1c(C)c(C)c(Cc2cn(-c3c(C)c(C)c(C)c(C)c3C)nn2)c(C)c1C. The summed E-state index contributed by atoms with van der Waals surface area (Å²) in [5, 5.41) is 9.03. The zero-order valence-corrected chi connectivity index (χ0v) is 19.1. The van der Waals surface area contributed by atoms with Gasteiger partial charge in [0.1, 0.15) is 0 Å². The smallest absolute Gasteiger partial charge is 0.0875 e. The molecule has 0 aliphatic carbocycles. The van der Waals surface area contributed by atoms with Crippen molar-refractivity contribution in [3.8, 4) is 5.69 Å². The van der Waals surface area contributed by atoms with Crippen LogP contribution in [0, 0.1) is 69.2 Å². The molecule has 148 valence electrons. The molecule has 0 aliphatic heterocycles. The first-order chi connectivity index (χ1) is 13.1. The van der Waals surface area contributed by atoms with E-state index in [-0.39, 0.29) is 0 Å². The first kappa shape index (κ1) is 20.3. The molecule has 0 atom stereocenters. The highest BCUT2D eigenvalue weighted by Crippen LogP contribution is 2.30. The van der Waals surface area contributed by atoms with Crippen molar-refractivity contribution < 1.29 is 0 Å². The molecule has 0 aliphatic rings. The van der Waals surface area contributed by atoms with E-state index in [1.54, 1.807) is 0 Å². The molecule has 28 heavy (non-hydrogen) atoms. The molecule has 3 rings (SSSR count). The minimum Gasteiger partial charge on any atom is -0.220 e. The van der Waals surface area contributed by atoms with Crippen LogP contribution in [0.5, 0.6) is 0 Å². The van der Waals surface area contributed by atoms with Crippen LogP contribution in [0.1, 0.15) is 66.9 Å². The van der Waals surface area contributed by atoms with Crippen LogP contribution in [0.2, 0.25) is 0 Å². The Morgan fingerprint density at radius 3 is 1.43 bits per heavy atom. The minimum absolute atomic E-state index is 0.821. The van der Waals surface area contributed by atoms with Crippen LogP contribution in [-0.2, 0) is 6.42 Å². The maximum absolute atomic E-state index is 4.53. The van der Waals surface area contributed by atoms with Crippen molar-refractivity contribution >= 4 is 0 Å². The van der Waals surface area contributed by atoms with Crippen molar-refractivity contribution in [3.05, 3.63) is 73.1 Å². The van der Waals surface area contributed by atoms with Gasteiger partial charge in [0.05, 0.1) is 17.6 Å². The second kappa shape index (κ2) is 7.20. The summed E-state index contributed by atoms with van der Waals surface area (Å²) in [5.74, 6) is 0. The highest BCUT2D eigenvalue weighted by Gasteiger charge is 2.17. The average molecular weight is 376 g/mol. The Balaban J connectivity index is 2.07. The third kappa shape index (κ3) is 3.07. The fourth-order valence-electron chi connectivity index (χ4n) is 4.34. The number of nitrogens with zero attached hydrogens (tertiary/aromatic N) is 3. The van der Waals surface area contributed by atoms with Crippen molar-refractivity contribution in [2.45, 2.75) is 75.7 Å². The summed E-state index contributed by atoms with van der Waals surface area (Å²) < 4.78 is 1.97. The van der Waals surface area contributed by atoms with E-state index in [9.17, 15) is 0 Å². The Bertz CT molecular complexity index is 1030. The summed E-state index contributed by atoms with van der Waals surface area (Å²) in [6.07, 6.45) is 2.93. The lowest BCUT2D eigenvalue weighted by atomic mass is 9.88. The molecule has 0 radical (unpaired) electrons. The topological polar surface area (TPSA) is 30.7 Å². The standard InChI is InChI=1S/C25H33N3/c1-13-15(3)19(7)24(20(8)16(13)4)11-23-12-28(27-26-23)25-21(9)17(5)14(2)18(6)22(25)10/h12H,11H2,1-10H3. The van der Waals surface area contributed by atoms with Gasteiger partial charge in [0, 0.05) is 6.42 Å². The molecule has 3 heteroatoms. The fraction of sp³-hybridized carbons (Fsp3) is 0.440. The molecule has 0 saturated heterocycles. The summed E-state index contributed by atoms with van der Waals surface area (Å²) >= 11 is 0. The molecule has 0 spiro atoms. The van der Waals surface area contributed by atoms with Gasteiger partial charge in [-0.15, -0.1) is 5.10 Å². The van der Waals surface area contributed by atoms with Gasteiger partial charge in [-0.05, 0) is 130 Å². The van der Waals surface area contributed by atoms with Crippen LogP contribution in [0.15, 0.2) is 6.20 Å². The number of aromatic nitrogens is 3. The zero-order chi connectivity index (χ0) is 20.9. The molecule has 0 saturated carbocycles. The van der Waals surface area contributed by atoms with E-state index in [2.05, 4.69) is 85.7 Å². The summed E-state index contributed by atoms with van der Waals surface area (Å²) in [7, 11) is 0. The molecule has 3 aromatic rings. The van der Waals surface area contributed by atoms with E-state index in [1.807, 2.05) is 4.68 Å². The normalized spacial score (nSPS) is 11.4. The summed E-state index contributed by atoms with van der Waals surface area (Å²) in [6.45, 7) is 22.1. The minimum atomic E-state index is 0.821. The van der Waals surface area contributed by atoms with Crippen molar-refractivity contribution in [2.75, 3.05) is 0 Å². The predicted molar refractivity (Wildman–Crippen MR) is 118 cm³/mol. The predicted octanol–water partition coefficient (Wildman–Crippen LogP) is 5.94. The molecule has 3 nitrogen and oxygen atoms in total. The lowest BCUT2D eigenvalue weighted by Gasteiger charge is -2.18. The number of benzene rings is 2. The van der Waals surface area contributed by atoms with Gasteiger partial charge in [-0.25, -0.2) is 4.68 Å². The molecular formula is C25H33N3. The van der Waals surface area contributed by atoms with E-state index in [0.29, 0.717) is 0 Å². The molecule has 0 unspecified atom stereocenters. The van der Waals surface area contributed by atoms with E-state index in [1.165, 1.54) is 66.9 Å². The van der Waals surface area contributed by atoms with Gasteiger partial charge in [0.15, 0.2) is 0 Å². The lowest BCUT2D eigenvalue weighted by molar-refractivity contribution is 0.786. The number of hydrogen-bond acceptors (Lipinski definition) is 2.